The van der Waals surface area contributed by atoms with Crippen molar-refractivity contribution in [2.45, 2.75) is 77.0 Å². The van der Waals surface area contributed by atoms with Crippen molar-refractivity contribution in [2.75, 3.05) is 13.2 Å². The highest BCUT2D eigenvalue weighted by Gasteiger charge is 2.54. The fourth-order valence-corrected chi connectivity index (χ4v) is 11.0. The Morgan fingerprint density at radius 3 is 1.80 bits per heavy atom. The molecule has 2 aromatic carbocycles. The third kappa shape index (κ3) is 4.79. The molecule has 0 atom stereocenters. The van der Waals surface area contributed by atoms with E-state index >= 15 is 0 Å². The number of phenolic OH excluding ortho intramolecular Hbond substituents is 1. The van der Waals surface area contributed by atoms with Crippen LogP contribution in [0.3, 0.4) is 0 Å². The largest absolute Gasteiger partial charge is 0.508 e. The van der Waals surface area contributed by atoms with Gasteiger partial charge in [-0.05, 0) is 159 Å². The number of phenols is 1. The molecule has 10 rings (SSSR count). The average molecular weight is 552 g/mol. The molecule has 8 fully saturated rings. The standard InChI is InChI=1S/C37H45NO3/c39-32-6-2-28(3-7-32)34(35-30-16-23-12-24(18-30)19-31(35)17-23)29-4-8-33(9-5-29)41-11-1-10-38-36(40)37-20-25-13-26(21-37)15-27(14-25)22-37/h2-9,23-27,30-31,39H,1,10-22H2,(H,38,40). The molecule has 8 aliphatic rings. The van der Waals surface area contributed by atoms with Crippen LogP contribution in [-0.4, -0.2) is 24.2 Å². The topological polar surface area (TPSA) is 58.6 Å². The molecule has 0 aromatic heterocycles. The lowest BCUT2D eigenvalue weighted by Crippen LogP contribution is -2.53. The summed E-state index contributed by atoms with van der Waals surface area (Å²) < 4.78 is 6.13. The van der Waals surface area contributed by atoms with Gasteiger partial charge in [-0.1, -0.05) is 29.8 Å². The molecule has 8 saturated carbocycles. The summed E-state index contributed by atoms with van der Waals surface area (Å²) in [5, 5.41) is 13.3. The Hall–Kier alpha value is -2.75. The van der Waals surface area contributed by atoms with E-state index in [2.05, 4.69) is 41.7 Å². The number of allylic oxidation sites excluding steroid dienone is 1. The van der Waals surface area contributed by atoms with Gasteiger partial charge < -0.3 is 15.2 Å². The van der Waals surface area contributed by atoms with Crippen LogP contribution in [0.25, 0.3) is 5.57 Å². The molecule has 0 radical (unpaired) electrons. The molecule has 0 heterocycles. The third-order valence-electron chi connectivity index (χ3n) is 12.0. The number of hydrogen-bond donors (Lipinski definition) is 2. The predicted molar refractivity (Wildman–Crippen MR) is 161 cm³/mol. The third-order valence-corrected chi connectivity index (χ3v) is 12.0. The van der Waals surface area contributed by atoms with E-state index in [-0.39, 0.29) is 5.41 Å². The van der Waals surface area contributed by atoms with Crippen LogP contribution in [0.15, 0.2) is 54.1 Å². The first kappa shape index (κ1) is 25.9. The highest BCUT2D eigenvalue weighted by atomic mass is 16.5. The maximum atomic E-state index is 13.2. The Morgan fingerprint density at radius 1 is 0.732 bits per heavy atom. The normalized spacial score (nSPS) is 36.0. The van der Waals surface area contributed by atoms with Crippen LogP contribution in [0.4, 0.5) is 0 Å². The summed E-state index contributed by atoms with van der Waals surface area (Å²) in [4.78, 5) is 13.2. The van der Waals surface area contributed by atoms with Crippen LogP contribution >= 0.6 is 0 Å². The van der Waals surface area contributed by atoms with Gasteiger partial charge in [0.1, 0.15) is 11.5 Å². The number of carbonyl (C=O) groups excluding carboxylic acids is 1. The summed E-state index contributed by atoms with van der Waals surface area (Å²) in [6, 6.07) is 16.5. The molecule has 1 amide bonds. The van der Waals surface area contributed by atoms with Crippen molar-refractivity contribution in [1.29, 1.82) is 0 Å². The molecule has 4 nitrogen and oxygen atoms in total. The summed E-state index contributed by atoms with van der Waals surface area (Å²) in [5.41, 5.74) is 5.47. The molecule has 0 spiro atoms. The van der Waals surface area contributed by atoms with E-state index in [1.165, 1.54) is 68.1 Å². The van der Waals surface area contributed by atoms with Gasteiger partial charge in [0, 0.05) is 12.0 Å². The molecule has 8 bridgehead atoms. The van der Waals surface area contributed by atoms with Gasteiger partial charge in [0.15, 0.2) is 0 Å². The number of carbonyl (C=O) groups is 1. The fourth-order valence-electron chi connectivity index (χ4n) is 11.0. The molecule has 216 valence electrons. The number of amides is 1. The number of nitrogens with one attached hydrogen (secondary N) is 1. The van der Waals surface area contributed by atoms with Gasteiger partial charge in [0.2, 0.25) is 5.91 Å². The van der Waals surface area contributed by atoms with Gasteiger partial charge >= 0.3 is 0 Å². The molecule has 0 unspecified atom stereocenters. The van der Waals surface area contributed by atoms with E-state index < -0.39 is 0 Å². The zero-order valence-electron chi connectivity index (χ0n) is 24.3. The first-order valence-electron chi connectivity index (χ1n) is 16.6. The van der Waals surface area contributed by atoms with Crippen LogP contribution in [0.1, 0.15) is 88.2 Å². The van der Waals surface area contributed by atoms with E-state index in [9.17, 15) is 9.90 Å². The molecule has 41 heavy (non-hydrogen) atoms. The Balaban J connectivity index is 0.916. The number of ether oxygens (including phenoxy) is 1. The summed E-state index contributed by atoms with van der Waals surface area (Å²) >= 11 is 0. The molecular formula is C37H45NO3. The quantitative estimate of drug-likeness (QED) is 0.330. The Labute approximate surface area is 245 Å². The summed E-state index contributed by atoms with van der Waals surface area (Å²) in [5.74, 6) is 7.19. The number of hydrogen-bond acceptors (Lipinski definition) is 3. The number of benzene rings is 2. The zero-order valence-corrected chi connectivity index (χ0v) is 24.3. The molecule has 2 N–H and O–H groups in total. The minimum Gasteiger partial charge on any atom is -0.508 e. The van der Waals surface area contributed by atoms with E-state index in [4.69, 9.17) is 4.74 Å². The zero-order chi connectivity index (χ0) is 27.6. The molecule has 4 heteroatoms. The minimum atomic E-state index is -0.0631. The minimum absolute atomic E-state index is 0.0631. The monoisotopic (exact) mass is 551 g/mol. The highest BCUT2D eigenvalue weighted by Crippen LogP contribution is 2.60. The fraction of sp³-hybridized carbons (Fsp3) is 0.595. The lowest BCUT2D eigenvalue weighted by Gasteiger charge is -2.55. The smallest absolute Gasteiger partial charge is 0.226 e. The van der Waals surface area contributed by atoms with Crippen molar-refractivity contribution in [3.05, 3.63) is 65.2 Å². The maximum absolute atomic E-state index is 13.2. The second-order valence-corrected chi connectivity index (χ2v) is 14.9. The SMILES string of the molecule is O=C(NCCCOc1ccc(C(=C2C3CC4CC(C3)CC2C4)c2ccc(O)cc2)cc1)C12CC3CC(CC(C3)C1)C2. The average Bonchev–Trinajstić information content (AvgIpc) is 2.95. The molecule has 2 aromatic rings. The van der Waals surface area contributed by atoms with Gasteiger partial charge in [0.05, 0.1) is 6.61 Å². The first-order chi connectivity index (χ1) is 20.0. The van der Waals surface area contributed by atoms with E-state index in [0.717, 1.165) is 61.0 Å². The van der Waals surface area contributed by atoms with E-state index in [1.54, 1.807) is 5.57 Å². The van der Waals surface area contributed by atoms with Gasteiger partial charge in [-0.25, -0.2) is 0 Å². The van der Waals surface area contributed by atoms with Crippen molar-refractivity contribution in [3.63, 3.8) is 0 Å². The van der Waals surface area contributed by atoms with E-state index in [1.807, 2.05) is 12.1 Å². The second kappa shape index (κ2) is 10.2. The van der Waals surface area contributed by atoms with Crippen LogP contribution in [0, 0.1) is 46.8 Å². The highest BCUT2D eigenvalue weighted by molar-refractivity contribution is 5.84. The van der Waals surface area contributed by atoms with Crippen molar-refractivity contribution >= 4 is 11.5 Å². The van der Waals surface area contributed by atoms with Gasteiger partial charge in [-0.2, -0.15) is 0 Å². The Bertz CT molecular complexity index is 1260. The van der Waals surface area contributed by atoms with Crippen LogP contribution in [0.2, 0.25) is 0 Å². The van der Waals surface area contributed by atoms with Crippen molar-refractivity contribution in [1.82, 2.24) is 5.32 Å². The van der Waals surface area contributed by atoms with Gasteiger partial charge in [-0.3, -0.25) is 4.79 Å². The predicted octanol–water partition coefficient (Wildman–Crippen LogP) is 7.75. The maximum Gasteiger partial charge on any atom is 0.226 e. The van der Waals surface area contributed by atoms with Crippen molar-refractivity contribution in [2.24, 2.45) is 46.8 Å². The van der Waals surface area contributed by atoms with Crippen molar-refractivity contribution in [3.8, 4) is 11.5 Å². The van der Waals surface area contributed by atoms with Crippen LogP contribution < -0.4 is 10.1 Å². The lowest BCUT2D eigenvalue weighted by molar-refractivity contribution is -0.146. The lowest BCUT2D eigenvalue weighted by atomic mass is 9.49. The van der Waals surface area contributed by atoms with Gasteiger partial charge in [-0.15, -0.1) is 0 Å². The molecular weight excluding hydrogens is 506 g/mol. The molecule has 0 saturated heterocycles. The Morgan fingerprint density at radius 2 is 1.24 bits per heavy atom. The van der Waals surface area contributed by atoms with Gasteiger partial charge in [0.25, 0.3) is 0 Å². The van der Waals surface area contributed by atoms with Crippen LogP contribution in [0.5, 0.6) is 11.5 Å². The molecule has 8 aliphatic carbocycles. The van der Waals surface area contributed by atoms with Crippen LogP contribution in [-0.2, 0) is 4.79 Å². The van der Waals surface area contributed by atoms with E-state index in [0.29, 0.717) is 36.6 Å². The van der Waals surface area contributed by atoms with Crippen molar-refractivity contribution < 1.29 is 14.6 Å². The molecule has 0 aliphatic heterocycles. The summed E-state index contributed by atoms with van der Waals surface area (Å²) in [6.07, 6.45) is 15.2. The summed E-state index contributed by atoms with van der Waals surface area (Å²) in [7, 11) is 0. The Kier molecular flexibility index (Phi) is 6.45. The number of rotatable bonds is 8. The first-order valence-corrected chi connectivity index (χ1v) is 16.6. The summed E-state index contributed by atoms with van der Waals surface area (Å²) in [6.45, 7) is 1.31. The second-order valence-electron chi connectivity index (χ2n) is 14.9. The number of aromatic hydroxyl groups is 1.